The van der Waals surface area contributed by atoms with Gasteiger partial charge in [0.25, 0.3) is 0 Å². The average Bonchev–Trinajstić information content (AvgIpc) is 2.46. The number of rotatable bonds is 7. The minimum atomic E-state index is -0.722. The van der Waals surface area contributed by atoms with Crippen molar-refractivity contribution < 1.29 is 14.7 Å². The van der Waals surface area contributed by atoms with Crippen molar-refractivity contribution in [3.05, 3.63) is 0 Å². The van der Waals surface area contributed by atoms with Gasteiger partial charge in [-0.05, 0) is 38.5 Å². The first kappa shape index (κ1) is 16.8. The molecule has 1 fully saturated rings. The van der Waals surface area contributed by atoms with Crippen molar-refractivity contribution in [1.29, 1.82) is 0 Å². The molecule has 0 aromatic rings. The van der Waals surface area contributed by atoms with Crippen molar-refractivity contribution in [2.75, 3.05) is 26.2 Å². The molecule has 1 aliphatic rings. The number of carbonyl (C=O) groups is 2. The molecule has 0 aromatic heterocycles. The molecule has 1 N–H and O–H groups in total. The van der Waals surface area contributed by atoms with Crippen LogP contribution < -0.4 is 0 Å². The highest BCUT2D eigenvalue weighted by Crippen LogP contribution is 2.22. The number of carboxylic acid groups (broad SMARTS) is 1. The van der Waals surface area contributed by atoms with E-state index in [1.807, 2.05) is 16.7 Å². The van der Waals surface area contributed by atoms with Crippen molar-refractivity contribution in [1.82, 2.24) is 9.80 Å². The standard InChI is InChI=1S/C15H28N2O3/c1-3-5-10-16(4-2)15(20)17-11-8-13(9-12-17)6-7-14(18)19/h13H,3-12H2,1-2H3,(H,18,19). The lowest BCUT2D eigenvalue weighted by Gasteiger charge is -2.35. The van der Waals surface area contributed by atoms with Crippen LogP contribution in [-0.2, 0) is 4.79 Å². The van der Waals surface area contributed by atoms with Crippen molar-refractivity contribution >= 4 is 12.0 Å². The summed E-state index contributed by atoms with van der Waals surface area (Å²) in [6.07, 6.45) is 5.01. The molecule has 1 saturated heterocycles. The van der Waals surface area contributed by atoms with E-state index in [1.54, 1.807) is 0 Å². The van der Waals surface area contributed by atoms with Crippen LogP contribution in [0.5, 0.6) is 0 Å². The maximum absolute atomic E-state index is 12.4. The minimum Gasteiger partial charge on any atom is -0.481 e. The van der Waals surface area contributed by atoms with Gasteiger partial charge in [0.05, 0.1) is 0 Å². The number of hydrogen-bond donors (Lipinski definition) is 1. The van der Waals surface area contributed by atoms with Gasteiger partial charge in [0, 0.05) is 32.6 Å². The van der Waals surface area contributed by atoms with Gasteiger partial charge >= 0.3 is 12.0 Å². The van der Waals surface area contributed by atoms with E-state index in [4.69, 9.17) is 5.11 Å². The Morgan fingerprint density at radius 3 is 2.40 bits per heavy atom. The van der Waals surface area contributed by atoms with Gasteiger partial charge in [-0.1, -0.05) is 13.3 Å². The third-order valence-electron chi connectivity index (χ3n) is 4.09. The summed E-state index contributed by atoms with van der Waals surface area (Å²) in [5.74, 6) is -0.263. The number of hydrogen-bond acceptors (Lipinski definition) is 2. The monoisotopic (exact) mass is 284 g/mol. The van der Waals surface area contributed by atoms with Crippen LogP contribution >= 0.6 is 0 Å². The molecule has 0 aromatic carbocycles. The highest BCUT2D eigenvalue weighted by Gasteiger charge is 2.25. The summed E-state index contributed by atoms with van der Waals surface area (Å²) in [5, 5.41) is 8.70. The summed E-state index contributed by atoms with van der Waals surface area (Å²) in [4.78, 5) is 26.8. The summed E-state index contributed by atoms with van der Waals surface area (Å²) in [6, 6.07) is 0.151. The first-order chi connectivity index (χ1) is 9.58. The minimum absolute atomic E-state index is 0.151. The number of piperidine rings is 1. The molecule has 0 bridgehead atoms. The van der Waals surface area contributed by atoms with Crippen molar-refractivity contribution in [2.24, 2.45) is 5.92 Å². The fourth-order valence-corrected chi connectivity index (χ4v) is 2.68. The SMILES string of the molecule is CCCCN(CC)C(=O)N1CCC(CCC(=O)O)CC1. The topological polar surface area (TPSA) is 60.9 Å². The van der Waals surface area contributed by atoms with Gasteiger partial charge in [-0.15, -0.1) is 0 Å². The van der Waals surface area contributed by atoms with E-state index in [1.165, 1.54) is 0 Å². The maximum atomic E-state index is 12.4. The van der Waals surface area contributed by atoms with Crippen LogP contribution in [0.2, 0.25) is 0 Å². The van der Waals surface area contributed by atoms with Gasteiger partial charge in [0.2, 0.25) is 0 Å². The van der Waals surface area contributed by atoms with Gasteiger partial charge in [-0.3, -0.25) is 4.79 Å². The Morgan fingerprint density at radius 2 is 1.90 bits per heavy atom. The maximum Gasteiger partial charge on any atom is 0.319 e. The average molecular weight is 284 g/mol. The Bertz CT molecular complexity index is 312. The largest absolute Gasteiger partial charge is 0.481 e. The molecule has 5 nitrogen and oxygen atoms in total. The fourth-order valence-electron chi connectivity index (χ4n) is 2.68. The third kappa shape index (κ3) is 5.39. The second-order valence-electron chi connectivity index (χ2n) is 5.58. The van der Waals surface area contributed by atoms with E-state index in [9.17, 15) is 9.59 Å². The third-order valence-corrected chi connectivity index (χ3v) is 4.09. The molecule has 1 aliphatic heterocycles. The Labute approximate surface area is 121 Å². The Hall–Kier alpha value is -1.26. The number of unbranched alkanes of at least 4 members (excludes halogenated alkanes) is 1. The molecule has 0 spiro atoms. The quantitative estimate of drug-likeness (QED) is 0.782. The van der Waals surface area contributed by atoms with E-state index in [0.717, 1.165) is 58.3 Å². The lowest BCUT2D eigenvalue weighted by atomic mass is 9.92. The van der Waals surface area contributed by atoms with Gasteiger partial charge in [-0.2, -0.15) is 0 Å². The van der Waals surface area contributed by atoms with E-state index >= 15 is 0 Å². The molecule has 0 aliphatic carbocycles. The molecule has 5 heteroatoms. The molecule has 2 amide bonds. The molecule has 0 saturated carbocycles. The first-order valence-electron chi connectivity index (χ1n) is 7.84. The Balaban J connectivity index is 2.35. The number of likely N-dealkylation sites (tertiary alicyclic amines) is 1. The second kappa shape index (κ2) is 8.82. The first-order valence-corrected chi connectivity index (χ1v) is 7.84. The van der Waals surface area contributed by atoms with E-state index in [2.05, 4.69) is 6.92 Å². The van der Waals surface area contributed by atoms with Crippen molar-refractivity contribution in [3.63, 3.8) is 0 Å². The molecule has 0 unspecified atom stereocenters. The number of carbonyl (C=O) groups excluding carboxylic acids is 1. The van der Waals surface area contributed by atoms with Crippen LogP contribution in [0.4, 0.5) is 4.79 Å². The zero-order valence-corrected chi connectivity index (χ0v) is 12.8. The van der Waals surface area contributed by atoms with Crippen molar-refractivity contribution in [2.45, 2.75) is 52.4 Å². The van der Waals surface area contributed by atoms with Crippen LogP contribution in [0.15, 0.2) is 0 Å². The molecule has 0 atom stereocenters. The smallest absolute Gasteiger partial charge is 0.319 e. The fraction of sp³-hybridized carbons (Fsp3) is 0.867. The summed E-state index contributed by atoms with van der Waals surface area (Å²) in [5.41, 5.74) is 0. The highest BCUT2D eigenvalue weighted by atomic mass is 16.4. The van der Waals surface area contributed by atoms with E-state index < -0.39 is 5.97 Å². The van der Waals surface area contributed by atoms with Crippen LogP contribution in [-0.4, -0.2) is 53.1 Å². The highest BCUT2D eigenvalue weighted by molar-refractivity contribution is 5.74. The number of urea groups is 1. The predicted molar refractivity (Wildman–Crippen MR) is 78.7 cm³/mol. The number of nitrogens with zero attached hydrogens (tertiary/aromatic N) is 2. The summed E-state index contributed by atoms with van der Waals surface area (Å²) in [6.45, 7) is 7.29. The van der Waals surface area contributed by atoms with Gasteiger partial charge in [-0.25, -0.2) is 4.79 Å². The number of aliphatic carboxylic acids is 1. The number of carboxylic acids is 1. The Kier molecular flexibility index (Phi) is 7.41. The lowest BCUT2D eigenvalue weighted by Crippen LogP contribution is -2.47. The van der Waals surface area contributed by atoms with Crippen LogP contribution in [0.3, 0.4) is 0 Å². The second-order valence-corrected chi connectivity index (χ2v) is 5.58. The molecular weight excluding hydrogens is 256 g/mol. The zero-order chi connectivity index (χ0) is 15.0. The van der Waals surface area contributed by atoms with Gasteiger partial charge < -0.3 is 14.9 Å². The van der Waals surface area contributed by atoms with E-state index in [0.29, 0.717) is 5.92 Å². The summed E-state index contributed by atoms with van der Waals surface area (Å²) in [7, 11) is 0. The van der Waals surface area contributed by atoms with Gasteiger partial charge in [0.15, 0.2) is 0 Å². The molecule has 1 heterocycles. The van der Waals surface area contributed by atoms with Crippen LogP contribution in [0.25, 0.3) is 0 Å². The summed E-state index contributed by atoms with van der Waals surface area (Å²) < 4.78 is 0. The van der Waals surface area contributed by atoms with Crippen LogP contribution in [0.1, 0.15) is 52.4 Å². The molecule has 116 valence electrons. The Morgan fingerprint density at radius 1 is 1.25 bits per heavy atom. The molecule has 20 heavy (non-hydrogen) atoms. The lowest BCUT2D eigenvalue weighted by molar-refractivity contribution is -0.137. The summed E-state index contributed by atoms with van der Waals surface area (Å²) >= 11 is 0. The predicted octanol–water partition coefficient (Wildman–Crippen LogP) is 2.81. The molecule has 0 radical (unpaired) electrons. The molecular formula is C15H28N2O3. The van der Waals surface area contributed by atoms with Gasteiger partial charge in [0.1, 0.15) is 0 Å². The number of amides is 2. The van der Waals surface area contributed by atoms with Crippen LogP contribution in [0, 0.1) is 5.92 Å². The zero-order valence-electron chi connectivity index (χ0n) is 12.8. The van der Waals surface area contributed by atoms with Crippen molar-refractivity contribution in [3.8, 4) is 0 Å². The molecule has 1 rings (SSSR count). The normalized spacial score (nSPS) is 16.2. The van der Waals surface area contributed by atoms with E-state index in [-0.39, 0.29) is 12.5 Å².